The highest BCUT2D eigenvalue weighted by Crippen LogP contribution is 2.28. The van der Waals surface area contributed by atoms with E-state index in [1.807, 2.05) is 54.6 Å². The van der Waals surface area contributed by atoms with E-state index >= 15 is 0 Å². The number of amides is 1. The molecule has 0 atom stereocenters. The van der Waals surface area contributed by atoms with Gasteiger partial charge >= 0.3 is 6.09 Å². The largest absolute Gasteiger partial charge is 0.505 e. The number of phenolic OH excluding ortho intramolecular Hbond substituents is 1. The predicted molar refractivity (Wildman–Crippen MR) is 173 cm³/mol. The lowest BCUT2D eigenvalue weighted by molar-refractivity contribution is -0.117. The van der Waals surface area contributed by atoms with Gasteiger partial charge in [0.1, 0.15) is 6.10 Å². The summed E-state index contributed by atoms with van der Waals surface area (Å²) in [5.41, 5.74) is 3.36. The van der Waals surface area contributed by atoms with Crippen LogP contribution in [0, 0.1) is 5.82 Å². The zero-order valence-corrected chi connectivity index (χ0v) is 25.6. The molecule has 0 radical (unpaired) electrons. The van der Waals surface area contributed by atoms with Gasteiger partial charge in [-0.2, -0.15) is 0 Å². The van der Waals surface area contributed by atoms with Gasteiger partial charge in [-0.3, -0.25) is 10.1 Å². The van der Waals surface area contributed by atoms with Crippen LogP contribution in [-0.4, -0.2) is 60.7 Å². The number of nitrogens with zero attached hydrogens (tertiary/aromatic N) is 1. The fourth-order valence-corrected chi connectivity index (χ4v) is 5.65. The average Bonchev–Trinajstić information content (AvgIpc) is 3.03. The van der Waals surface area contributed by atoms with Gasteiger partial charge in [0, 0.05) is 25.1 Å². The lowest BCUT2D eigenvalue weighted by Gasteiger charge is -2.31. The van der Waals surface area contributed by atoms with E-state index in [2.05, 4.69) is 15.5 Å². The van der Waals surface area contributed by atoms with Crippen LogP contribution >= 0.6 is 0 Å². The molecule has 44 heavy (non-hydrogen) atoms. The Morgan fingerprint density at radius 3 is 2.30 bits per heavy atom. The van der Waals surface area contributed by atoms with Crippen molar-refractivity contribution in [3.8, 4) is 16.9 Å². The molecule has 0 saturated carbocycles. The molecule has 8 heteroatoms. The fourth-order valence-electron chi connectivity index (χ4n) is 5.65. The van der Waals surface area contributed by atoms with E-state index in [1.165, 1.54) is 44.2 Å². The van der Waals surface area contributed by atoms with Crippen molar-refractivity contribution in [2.75, 3.05) is 38.0 Å². The highest BCUT2D eigenvalue weighted by atomic mass is 19.1. The first-order valence-corrected chi connectivity index (χ1v) is 16.0. The van der Waals surface area contributed by atoms with E-state index in [1.54, 1.807) is 6.07 Å². The number of halogens is 1. The molecule has 3 N–H and O–H groups in total. The highest BCUT2D eigenvalue weighted by Gasteiger charge is 2.22. The summed E-state index contributed by atoms with van der Waals surface area (Å²) in [5, 5.41) is 15.4. The Hall–Kier alpha value is -3.75. The number of phenols is 1. The zero-order chi connectivity index (χ0) is 31.0. The third-order valence-corrected chi connectivity index (χ3v) is 8.12. The minimum Gasteiger partial charge on any atom is -0.505 e. The van der Waals surface area contributed by atoms with Crippen LogP contribution in [0.15, 0.2) is 72.8 Å². The standard InChI is InChI=1S/C36H46FN3O4/c37-33-26-28(17-18-35(33)42)25-30(41)27-38-21-11-4-2-1-3-5-12-22-40-23-19-31(20-24-40)44-36(43)39-34-16-10-9-15-32(34)29-13-7-6-8-14-29/h6-10,13-18,26,31,38,42H,1-5,11-12,19-25,27H2,(H,39,43). The Labute approximate surface area is 260 Å². The molecule has 0 spiro atoms. The molecule has 0 unspecified atom stereocenters. The molecular formula is C36H46FN3O4. The number of para-hydroxylation sites is 1. The molecule has 7 nitrogen and oxygen atoms in total. The van der Waals surface area contributed by atoms with Crippen LogP contribution in [0.3, 0.4) is 0 Å². The molecule has 0 bridgehead atoms. The molecule has 236 valence electrons. The molecule has 0 aromatic heterocycles. The molecule has 1 aliphatic rings. The molecule has 1 fully saturated rings. The van der Waals surface area contributed by atoms with E-state index in [0.717, 1.165) is 68.7 Å². The first kappa shape index (κ1) is 33.1. The molecule has 0 aliphatic carbocycles. The Kier molecular flexibility index (Phi) is 13.7. The molecule has 3 aromatic rings. The number of piperidine rings is 1. The monoisotopic (exact) mass is 603 g/mol. The van der Waals surface area contributed by atoms with Crippen LogP contribution in [-0.2, 0) is 16.0 Å². The third kappa shape index (κ3) is 11.4. The first-order chi connectivity index (χ1) is 21.5. The summed E-state index contributed by atoms with van der Waals surface area (Å²) in [6.45, 7) is 4.10. The van der Waals surface area contributed by atoms with Crippen molar-refractivity contribution in [2.45, 2.75) is 70.3 Å². The molecule has 3 aromatic carbocycles. The number of rotatable bonds is 17. The quantitative estimate of drug-likeness (QED) is 0.140. The maximum absolute atomic E-state index is 13.4. The van der Waals surface area contributed by atoms with Gasteiger partial charge in [-0.1, -0.05) is 86.7 Å². The van der Waals surface area contributed by atoms with Crippen LogP contribution in [0.5, 0.6) is 5.75 Å². The Morgan fingerprint density at radius 2 is 1.55 bits per heavy atom. The predicted octanol–water partition coefficient (Wildman–Crippen LogP) is 7.34. The average molecular weight is 604 g/mol. The number of aromatic hydroxyl groups is 1. The van der Waals surface area contributed by atoms with Crippen molar-refractivity contribution in [1.82, 2.24) is 10.2 Å². The number of hydrogen-bond donors (Lipinski definition) is 3. The normalized spacial score (nSPS) is 13.9. The van der Waals surface area contributed by atoms with E-state index in [9.17, 15) is 19.1 Å². The number of hydrogen-bond acceptors (Lipinski definition) is 6. The summed E-state index contributed by atoms with van der Waals surface area (Å²) in [5.74, 6) is -1.08. The smallest absolute Gasteiger partial charge is 0.411 e. The summed E-state index contributed by atoms with van der Waals surface area (Å²) < 4.78 is 19.2. The van der Waals surface area contributed by atoms with Gasteiger partial charge in [-0.25, -0.2) is 9.18 Å². The second kappa shape index (κ2) is 18.1. The lowest BCUT2D eigenvalue weighted by atomic mass is 10.0. The number of benzene rings is 3. The topological polar surface area (TPSA) is 90.9 Å². The molecule has 4 rings (SSSR count). The minimum atomic E-state index is -0.696. The van der Waals surface area contributed by atoms with Crippen molar-refractivity contribution < 1.29 is 23.8 Å². The SMILES string of the molecule is O=C(CNCCCCCCCCCN1CCC(OC(=O)Nc2ccccc2-c2ccccc2)CC1)Cc1ccc(O)c(F)c1. The number of carbonyl (C=O) groups excluding carboxylic acids is 2. The van der Waals surface area contributed by atoms with Crippen LogP contribution in [0.4, 0.5) is 14.9 Å². The number of ketones is 1. The number of likely N-dealkylation sites (tertiary alicyclic amines) is 1. The van der Waals surface area contributed by atoms with E-state index in [-0.39, 0.29) is 30.9 Å². The summed E-state index contributed by atoms with van der Waals surface area (Å²) in [6, 6.07) is 21.9. The minimum absolute atomic E-state index is 0.0121. The Bertz CT molecular complexity index is 1310. The number of carbonyl (C=O) groups is 2. The van der Waals surface area contributed by atoms with Crippen molar-refractivity contribution >= 4 is 17.6 Å². The van der Waals surface area contributed by atoms with Gasteiger partial charge in [-0.05, 0) is 68.1 Å². The summed E-state index contributed by atoms with van der Waals surface area (Å²) in [7, 11) is 0. The van der Waals surface area contributed by atoms with Gasteiger partial charge in [0.05, 0.1) is 12.2 Å². The highest BCUT2D eigenvalue weighted by molar-refractivity contribution is 5.91. The van der Waals surface area contributed by atoms with Gasteiger partial charge in [0.15, 0.2) is 17.3 Å². The molecule has 1 aliphatic heterocycles. The van der Waals surface area contributed by atoms with Gasteiger partial charge < -0.3 is 20.1 Å². The molecule has 1 heterocycles. The molecule has 1 saturated heterocycles. The van der Waals surface area contributed by atoms with E-state index in [0.29, 0.717) is 5.56 Å². The second-order valence-corrected chi connectivity index (χ2v) is 11.6. The van der Waals surface area contributed by atoms with E-state index in [4.69, 9.17) is 4.74 Å². The van der Waals surface area contributed by atoms with Crippen LogP contribution in [0.25, 0.3) is 11.1 Å². The number of ether oxygens (including phenoxy) is 1. The fraction of sp³-hybridized carbons (Fsp3) is 0.444. The lowest BCUT2D eigenvalue weighted by Crippen LogP contribution is -2.38. The van der Waals surface area contributed by atoms with Gasteiger partial charge in [0.2, 0.25) is 0 Å². The van der Waals surface area contributed by atoms with E-state index < -0.39 is 11.6 Å². The van der Waals surface area contributed by atoms with Crippen molar-refractivity contribution in [2.24, 2.45) is 0 Å². The van der Waals surface area contributed by atoms with Crippen molar-refractivity contribution in [1.29, 1.82) is 0 Å². The third-order valence-electron chi connectivity index (χ3n) is 8.12. The zero-order valence-electron chi connectivity index (χ0n) is 25.6. The second-order valence-electron chi connectivity index (χ2n) is 11.6. The Morgan fingerprint density at radius 1 is 0.864 bits per heavy atom. The molecule has 1 amide bonds. The molecular weight excluding hydrogens is 557 g/mol. The maximum Gasteiger partial charge on any atom is 0.411 e. The maximum atomic E-state index is 13.4. The number of nitrogens with one attached hydrogen (secondary N) is 2. The number of unbranched alkanes of at least 4 members (excludes halogenated alkanes) is 6. The van der Waals surface area contributed by atoms with Gasteiger partial charge in [-0.15, -0.1) is 0 Å². The van der Waals surface area contributed by atoms with Crippen LogP contribution in [0.1, 0.15) is 63.4 Å². The van der Waals surface area contributed by atoms with Crippen molar-refractivity contribution in [3.63, 3.8) is 0 Å². The van der Waals surface area contributed by atoms with Crippen LogP contribution in [0.2, 0.25) is 0 Å². The Balaban J connectivity index is 0.974. The summed E-state index contributed by atoms with van der Waals surface area (Å²) in [6.07, 6.45) is 9.71. The number of Topliss-reactive ketones (excluding diaryl/α,β-unsaturated/α-hetero) is 1. The first-order valence-electron chi connectivity index (χ1n) is 16.0. The summed E-state index contributed by atoms with van der Waals surface area (Å²) in [4.78, 5) is 27.2. The van der Waals surface area contributed by atoms with Gasteiger partial charge in [0.25, 0.3) is 0 Å². The van der Waals surface area contributed by atoms with Crippen molar-refractivity contribution in [3.05, 3.63) is 84.2 Å². The number of anilines is 1. The summed E-state index contributed by atoms with van der Waals surface area (Å²) >= 11 is 0. The van der Waals surface area contributed by atoms with Crippen LogP contribution < -0.4 is 10.6 Å².